The fourth-order valence-electron chi connectivity index (χ4n) is 1.72. The fourth-order valence-corrected chi connectivity index (χ4v) is 1.84. The number of rotatable bonds is 5. The molecular formula is C15H11ClF3NO2. The lowest BCUT2D eigenvalue weighted by atomic mass is 10.1. The van der Waals surface area contributed by atoms with Gasteiger partial charge < -0.3 is 10.1 Å². The Bertz CT molecular complexity index is 657. The van der Waals surface area contributed by atoms with Crippen LogP contribution in [-0.2, 0) is 0 Å². The molecular weight excluding hydrogens is 319 g/mol. The predicted molar refractivity (Wildman–Crippen MR) is 77.4 cm³/mol. The van der Waals surface area contributed by atoms with Gasteiger partial charge in [0, 0.05) is 16.3 Å². The molecule has 2 aromatic carbocycles. The highest BCUT2D eigenvalue weighted by atomic mass is 35.5. The Kier molecular flexibility index (Phi) is 4.92. The summed E-state index contributed by atoms with van der Waals surface area (Å²) < 4.78 is 40.2. The van der Waals surface area contributed by atoms with Gasteiger partial charge >= 0.3 is 6.36 Å². The number of benzene rings is 2. The van der Waals surface area contributed by atoms with E-state index in [0.29, 0.717) is 10.7 Å². The Balaban J connectivity index is 2.00. The van der Waals surface area contributed by atoms with Crippen LogP contribution >= 0.6 is 11.6 Å². The number of carbonyl (C=O) groups is 1. The first-order valence-electron chi connectivity index (χ1n) is 6.22. The second kappa shape index (κ2) is 6.70. The first-order chi connectivity index (χ1) is 10.3. The van der Waals surface area contributed by atoms with E-state index in [1.165, 1.54) is 12.1 Å². The van der Waals surface area contributed by atoms with Crippen LogP contribution in [0.15, 0.2) is 48.5 Å². The van der Waals surface area contributed by atoms with E-state index in [1.807, 2.05) is 0 Å². The SMILES string of the molecule is O=C(CNc1ccc(Cl)cc1)c1cccc(OC(F)(F)F)c1. The third-order valence-electron chi connectivity index (χ3n) is 2.69. The van der Waals surface area contributed by atoms with Crippen molar-refractivity contribution >= 4 is 23.1 Å². The standard InChI is InChI=1S/C15H11ClF3NO2/c16-11-4-6-12(7-5-11)20-9-14(21)10-2-1-3-13(8-10)22-15(17,18)19/h1-8,20H,9H2. The summed E-state index contributed by atoms with van der Waals surface area (Å²) in [7, 11) is 0. The molecule has 0 atom stereocenters. The Morgan fingerprint density at radius 1 is 1.14 bits per heavy atom. The van der Waals surface area contributed by atoms with Crippen LogP contribution in [0.4, 0.5) is 18.9 Å². The van der Waals surface area contributed by atoms with Crippen molar-refractivity contribution in [2.45, 2.75) is 6.36 Å². The number of Topliss-reactive ketones (excluding diaryl/α,β-unsaturated/α-hetero) is 1. The predicted octanol–water partition coefficient (Wildman–Crippen LogP) is 4.53. The molecule has 22 heavy (non-hydrogen) atoms. The van der Waals surface area contributed by atoms with Crippen LogP contribution in [0.5, 0.6) is 5.75 Å². The minimum atomic E-state index is -4.79. The maximum Gasteiger partial charge on any atom is 0.573 e. The minimum Gasteiger partial charge on any atom is -0.406 e. The van der Waals surface area contributed by atoms with Gasteiger partial charge in [-0.1, -0.05) is 23.7 Å². The zero-order valence-electron chi connectivity index (χ0n) is 11.2. The molecule has 0 saturated carbocycles. The first kappa shape index (κ1) is 16.2. The van der Waals surface area contributed by atoms with Crippen LogP contribution in [0.2, 0.25) is 5.02 Å². The molecule has 3 nitrogen and oxygen atoms in total. The molecule has 0 aromatic heterocycles. The molecule has 2 aromatic rings. The van der Waals surface area contributed by atoms with Gasteiger partial charge in [-0.2, -0.15) is 0 Å². The van der Waals surface area contributed by atoms with Gasteiger partial charge in [-0.05, 0) is 36.4 Å². The Hall–Kier alpha value is -2.21. The highest BCUT2D eigenvalue weighted by molar-refractivity contribution is 6.30. The largest absolute Gasteiger partial charge is 0.573 e. The van der Waals surface area contributed by atoms with E-state index < -0.39 is 12.1 Å². The summed E-state index contributed by atoms with van der Waals surface area (Å²) in [6.07, 6.45) is -4.79. The molecule has 0 unspecified atom stereocenters. The van der Waals surface area contributed by atoms with E-state index in [0.717, 1.165) is 12.1 Å². The normalized spacial score (nSPS) is 11.1. The van der Waals surface area contributed by atoms with Gasteiger partial charge in [-0.3, -0.25) is 4.79 Å². The molecule has 7 heteroatoms. The van der Waals surface area contributed by atoms with Gasteiger partial charge in [-0.15, -0.1) is 13.2 Å². The van der Waals surface area contributed by atoms with E-state index in [9.17, 15) is 18.0 Å². The van der Waals surface area contributed by atoms with Crippen LogP contribution < -0.4 is 10.1 Å². The second-order valence-corrected chi connectivity index (χ2v) is 4.80. The highest BCUT2D eigenvalue weighted by Crippen LogP contribution is 2.23. The van der Waals surface area contributed by atoms with Crippen LogP contribution in [0.3, 0.4) is 0 Å². The Morgan fingerprint density at radius 3 is 2.45 bits per heavy atom. The van der Waals surface area contributed by atoms with E-state index in [4.69, 9.17) is 11.6 Å². The number of ether oxygens (including phenoxy) is 1. The van der Waals surface area contributed by atoms with E-state index in [1.54, 1.807) is 24.3 Å². The summed E-state index contributed by atoms with van der Waals surface area (Å²) >= 11 is 5.74. The lowest BCUT2D eigenvalue weighted by Gasteiger charge is -2.10. The van der Waals surface area contributed by atoms with Crippen molar-refractivity contribution in [1.29, 1.82) is 0 Å². The molecule has 0 bridgehead atoms. The topological polar surface area (TPSA) is 38.3 Å². The monoisotopic (exact) mass is 329 g/mol. The molecule has 0 fully saturated rings. The van der Waals surface area contributed by atoms with Gasteiger partial charge in [0.25, 0.3) is 0 Å². The smallest absolute Gasteiger partial charge is 0.406 e. The van der Waals surface area contributed by atoms with E-state index in [-0.39, 0.29) is 17.9 Å². The van der Waals surface area contributed by atoms with Gasteiger partial charge in [-0.25, -0.2) is 0 Å². The number of nitrogens with one attached hydrogen (secondary N) is 1. The number of alkyl halides is 3. The Morgan fingerprint density at radius 2 is 1.82 bits per heavy atom. The lowest BCUT2D eigenvalue weighted by Crippen LogP contribution is -2.18. The van der Waals surface area contributed by atoms with Crippen LogP contribution in [0, 0.1) is 0 Å². The number of hydrogen-bond donors (Lipinski definition) is 1. The molecule has 1 N–H and O–H groups in total. The third kappa shape index (κ3) is 4.96. The van der Waals surface area contributed by atoms with Gasteiger partial charge in [0.1, 0.15) is 5.75 Å². The lowest BCUT2D eigenvalue weighted by molar-refractivity contribution is -0.274. The average molecular weight is 330 g/mol. The third-order valence-corrected chi connectivity index (χ3v) is 2.94. The molecule has 0 aliphatic carbocycles. The number of carbonyl (C=O) groups excluding carboxylic acids is 1. The molecule has 0 saturated heterocycles. The maximum absolute atomic E-state index is 12.1. The quantitative estimate of drug-likeness (QED) is 0.819. The van der Waals surface area contributed by atoms with Crippen molar-refractivity contribution in [1.82, 2.24) is 0 Å². The summed E-state index contributed by atoms with van der Waals surface area (Å²) in [4.78, 5) is 12.0. The molecule has 2 rings (SSSR count). The van der Waals surface area contributed by atoms with E-state index >= 15 is 0 Å². The van der Waals surface area contributed by atoms with Crippen molar-refractivity contribution in [3.63, 3.8) is 0 Å². The number of hydrogen-bond acceptors (Lipinski definition) is 3. The number of anilines is 1. The molecule has 0 aliphatic heterocycles. The summed E-state index contributed by atoms with van der Waals surface area (Å²) in [5.74, 6) is -0.785. The van der Waals surface area contributed by atoms with Crippen LogP contribution in [0.25, 0.3) is 0 Å². The zero-order chi connectivity index (χ0) is 16.2. The molecule has 116 valence electrons. The first-order valence-corrected chi connectivity index (χ1v) is 6.60. The van der Waals surface area contributed by atoms with Crippen molar-refractivity contribution in [2.75, 3.05) is 11.9 Å². The van der Waals surface area contributed by atoms with Crippen molar-refractivity contribution < 1.29 is 22.7 Å². The van der Waals surface area contributed by atoms with Crippen LogP contribution in [0.1, 0.15) is 10.4 Å². The summed E-state index contributed by atoms with van der Waals surface area (Å²) in [5.41, 5.74) is 0.809. The van der Waals surface area contributed by atoms with Crippen molar-refractivity contribution in [3.05, 3.63) is 59.1 Å². The summed E-state index contributed by atoms with van der Waals surface area (Å²) in [5, 5.41) is 3.43. The maximum atomic E-state index is 12.1. The van der Waals surface area contributed by atoms with Gasteiger partial charge in [0.2, 0.25) is 0 Å². The van der Waals surface area contributed by atoms with Crippen molar-refractivity contribution in [3.8, 4) is 5.75 Å². The second-order valence-electron chi connectivity index (χ2n) is 4.36. The van der Waals surface area contributed by atoms with Crippen molar-refractivity contribution in [2.24, 2.45) is 0 Å². The summed E-state index contributed by atoms with van der Waals surface area (Å²) in [6.45, 7) is -0.0584. The van der Waals surface area contributed by atoms with Crippen LogP contribution in [-0.4, -0.2) is 18.7 Å². The average Bonchev–Trinajstić information content (AvgIpc) is 2.45. The molecule has 0 aliphatic rings. The van der Waals surface area contributed by atoms with E-state index in [2.05, 4.69) is 10.1 Å². The molecule has 0 heterocycles. The number of ketones is 1. The van der Waals surface area contributed by atoms with Gasteiger partial charge in [0.15, 0.2) is 5.78 Å². The minimum absolute atomic E-state index is 0.0584. The fraction of sp³-hybridized carbons (Fsp3) is 0.133. The summed E-state index contributed by atoms with van der Waals surface area (Å²) in [6, 6.07) is 11.7. The molecule has 0 radical (unpaired) electrons. The van der Waals surface area contributed by atoms with Gasteiger partial charge in [0.05, 0.1) is 6.54 Å². The highest BCUT2D eigenvalue weighted by Gasteiger charge is 2.31. The molecule has 0 amide bonds. The molecule has 0 spiro atoms. The Labute approximate surface area is 129 Å². The number of halogens is 4. The zero-order valence-corrected chi connectivity index (χ0v) is 11.9.